The van der Waals surface area contributed by atoms with Gasteiger partial charge in [0.2, 0.25) is 0 Å². The van der Waals surface area contributed by atoms with Crippen LogP contribution in [0.15, 0.2) is 57.9 Å². The zero-order chi connectivity index (χ0) is 13.1. The van der Waals surface area contributed by atoms with Crippen molar-refractivity contribution in [3.63, 3.8) is 0 Å². The SMILES string of the molecule is CCC1=C(Sc2cccc3c2CC=CC3)CCC=C1. The topological polar surface area (TPSA) is 0 Å². The highest BCUT2D eigenvalue weighted by Gasteiger charge is 2.14. The normalized spacial score (nSPS) is 17.7. The molecule has 0 aliphatic heterocycles. The van der Waals surface area contributed by atoms with E-state index < -0.39 is 0 Å². The Morgan fingerprint density at radius 1 is 1.11 bits per heavy atom. The molecule has 0 radical (unpaired) electrons. The van der Waals surface area contributed by atoms with Gasteiger partial charge in [0, 0.05) is 4.90 Å². The van der Waals surface area contributed by atoms with E-state index in [9.17, 15) is 0 Å². The standard InChI is InChI=1S/C18H20S/c1-2-14-8-4-6-12-17(14)19-18-13-7-10-15-9-3-5-11-16(15)18/h3-5,7-8,10,13H,2,6,9,11-12H2,1H3. The molecule has 0 bridgehead atoms. The molecule has 0 nitrogen and oxygen atoms in total. The van der Waals surface area contributed by atoms with Gasteiger partial charge in [-0.05, 0) is 59.8 Å². The van der Waals surface area contributed by atoms with Crippen LogP contribution in [0.2, 0.25) is 0 Å². The number of hydrogen-bond acceptors (Lipinski definition) is 1. The largest absolute Gasteiger partial charge is 0.0939 e. The number of hydrogen-bond donors (Lipinski definition) is 0. The quantitative estimate of drug-likeness (QED) is 0.657. The summed E-state index contributed by atoms with van der Waals surface area (Å²) in [5, 5.41) is 0. The Hall–Kier alpha value is -1.21. The van der Waals surface area contributed by atoms with E-state index in [4.69, 9.17) is 0 Å². The first-order valence-electron chi connectivity index (χ1n) is 7.20. The number of benzene rings is 1. The van der Waals surface area contributed by atoms with E-state index >= 15 is 0 Å². The summed E-state index contributed by atoms with van der Waals surface area (Å²) in [4.78, 5) is 3.05. The molecule has 0 amide bonds. The zero-order valence-corrected chi connectivity index (χ0v) is 12.3. The molecule has 2 aliphatic carbocycles. The second-order valence-electron chi connectivity index (χ2n) is 5.12. The highest BCUT2D eigenvalue weighted by atomic mass is 32.2. The third-order valence-electron chi connectivity index (χ3n) is 3.89. The lowest BCUT2D eigenvalue weighted by Crippen LogP contribution is -2.00. The molecule has 0 N–H and O–H groups in total. The molecule has 2 aliphatic rings. The van der Waals surface area contributed by atoms with Crippen LogP contribution in [-0.2, 0) is 12.8 Å². The molecule has 19 heavy (non-hydrogen) atoms. The summed E-state index contributed by atoms with van der Waals surface area (Å²) < 4.78 is 0. The average molecular weight is 268 g/mol. The molecular weight excluding hydrogens is 248 g/mol. The third-order valence-corrected chi connectivity index (χ3v) is 5.20. The van der Waals surface area contributed by atoms with Gasteiger partial charge in [0.05, 0.1) is 0 Å². The maximum Gasteiger partial charge on any atom is 0.0157 e. The zero-order valence-electron chi connectivity index (χ0n) is 11.5. The van der Waals surface area contributed by atoms with E-state index in [1.54, 1.807) is 10.5 Å². The minimum atomic E-state index is 1.10. The monoisotopic (exact) mass is 268 g/mol. The van der Waals surface area contributed by atoms with Gasteiger partial charge >= 0.3 is 0 Å². The summed E-state index contributed by atoms with van der Waals surface area (Å²) in [6.07, 6.45) is 15.0. The van der Waals surface area contributed by atoms with Crippen molar-refractivity contribution in [2.75, 3.05) is 0 Å². The Morgan fingerprint density at radius 3 is 2.89 bits per heavy atom. The Bertz CT molecular complexity index is 561. The molecule has 0 fully saturated rings. The summed E-state index contributed by atoms with van der Waals surface area (Å²) in [7, 11) is 0. The van der Waals surface area contributed by atoms with Crippen LogP contribution in [0.4, 0.5) is 0 Å². The molecule has 0 unspecified atom stereocenters. The fraction of sp³-hybridized carbons (Fsp3) is 0.333. The number of allylic oxidation sites excluding steroid dienone is 6. The van der Waals surface area contributed by atoms with Gasteiger partial charge in [-0.15, -0.1) is 0 Å². The molecule has 0 atom stereocenters. The smallest absolute Gasteiger partial charge is 0.0157 e. The summed E-state index contributed by atoms with van der Waals surface area (Å²) in [5.41, 5.74) is 4.59. The van der Waals surface area contributed by atoms with Crippen LogP contribution in [0.5, 0.6) is 0 Å². The van der Waals surface area contributed by atoms with Crippen LogP contribution in [0.25, 0.3) is 0 Å². The van der Waals surface area contributed by atoms with Gasteiger partial charge < -0.3 is 0 Å². The van der Waals surface area contributed by atoms with Crippen molar-refractivity contribution in [1.29, 1.82) is 0 Å². The Morgan fingerprint density at radius 2 is 2.00 bits per heavy atom. The lowest BCUT2D eigenvalue weighted by atomic mass is 9.97. The summed E-state index contributed by atoms with van der Waals surface area (Å²) in [6.45, 7) is 2.26. The van der Waals surface area contributed by atoms with Crippen LogP contribution in [-0.4, -0.2) is 0 Å². The van der Waals surface area contributed by atoms with Crippen LogP contribution >= 0.6 is 11.8 Å². The van der Waals surface area contributed by atoms with Gasteiger partial charge in [0.25, 0.3) is 0 Å². The fourth-order valence-corrected chi connectivity index (χ4v) is 4.11. The van der Waals surface area contributed by atoms with E-state index in [0.29, 0.717) is 0 Å². The minimum Gasteiger partial charge on any atom is -0.0939 e. The van der Waals surface area contributed by atoms with Crippen LogP contribution in [0.1, 0.15) is 37.3 Å². The van der Waals surface area contributed by atoms with Crippen molar-refractivity contribution in [2.24, 2.45) is 0 Å². The molecule has 1 aromatic rings. The van der Waals surface area contributed by atoms with E-state index in [1.807, 2.05) is 11.8 Å². The number of fused-ring (bicyclic) bond motifs is 1. The van der Waals surface area contributed by atoms with Crippen LogP contribution in [0.3, 0.4) is 0 Å². The highest BCUT2D eigenvalue weighted by Crippen LogP contribution is 2.39. The number of rotatable bonds is 3. The highest BCUT2D eigenvalue weighted by molar-refractivity contribution is 8.03. The van der Waals surface area contributed by atoms with Crippen molar-refractivity contribution in [1.82, 2.24) is 0 Å². The molecule has 1 aromatic carbocycles. The van der Waals surface area contributed by atoms with Crippen molar-refractivity contribution in [3.8, 4) is 0 Å². The van der Waals surface area contributed by atoms with Gasteiger partial charge in [0.1, 0.15) is 0 Å². The van der Waals surface area contributed by atoms with Crippen molar-refractivity contribution in [3.05, 3.63) is 64.1 Å². The molecular formula is C18H20S. The van der Waals surface area contributed by atoms with Crippen molar-refractivity contribution < 1.29 is 0 Å². The molecule has 0 spiro atoms. The lowest BCUT2D eigenvalue weighted by Gasteiger charge is -2.19. The van der Waals surface area contributed by atoms with E-state index in [-0.39, 0.29) is 0 Å². The summed E-state index contributed by atoms with van der Waals surface area (Å²) in [5.74, 6) is 0. The molecule has 0 saturated carbocycles. The summed E-state index contributed by atoms with van der Waals surface area (Å²) >= 11 is 2.01. The van der Waals surface area contributed by atoms with Crippen molar-refractivity contribution in [2.45, 2.75) is 43.9 Å². The second kappa shape index (κ2) is 5.83. The molecule has 0 saturated heterocycles. The summed E-state index contributed by atoms with van der Waals surface area (Å²) in [6, 6.07) is 6.78. The molecule has 98 valence electrons. The van der Waals surface area contributed by atoms with Gasteiger partial charge in [-0.1, -0.05) is 55.1 Å². The first-order chi connectivity index (χ1) is 9.38. The van der Waals surface area contributed by atoms with Gasteiger partial charge in [-0.3, -0.25) is 0 Å². The fourth-order valence-electron chi connectivity index (χ4n) is 2.80. The maximum atomic E-state index is 2.32. The van der Waals surface area contributed by atoms with Gasteiger partial charge in [0.15, 0.2) is 0 Å². The Balaban J connectivity index is 1.92. The first-order valence-corrected chi connectivity index (χ1v) is 8.02. The predicted molar refractivity (Wildman–Crippen MR) is 84.5 cm³/mol. The molecule has 0 heterocycles. The lowest BCUT2D eigenvalue weighted by molar-refractivity contribution is 0.966. The van der Waals surface area contributed by atoms with Crippen LogP contribution in [0, 0.1) is 0 Å². The van der Waals surface area contributed by atoms with E-state index in [2.05, 4.69) is 49.4 Å². The molecule has 3 rings (SSSR count). The first kappa shape index (κ1) is 12.8. The molecule has 0 aromatic heterocycles. The average Bonchev–Trinajstić information content (AvgIpc) is 2.48. The predicted octanol–water partition coefficient (Wildman–Crippen LogP) is 5.45. The Kier molecular flexibility index (Phi) is 3.93. The van der Waals surface area contributed by atoms with Crippen molar-refractivity contribution >= 4 is 11.8 Å². The van der Waals surface area contributed by atoms with E-state index in [0.717, 1.165) is 19.3 Å². The maximum absolute atomic E-state index is 2.32. The van der Waals surface area contributed by atoms with E-state index in [1.165, 1.54) is 28.9 Å². The number of thioether (sulfide) groups is 1. The van der Waals surface area contributed by atoms with Gasteiger partial charge in [-0.2, -0.15) is 0 Å². The Labute approximate surface area is 120 Å². The minimum absolute atomic E-state index is 1.10. The second-order valence-corrected chi connectivity index (χ2v) is 6.26. The third kappa shape index (κ3) is 2.71. The van der Waals surface area contributed by atoms with Gasteiger partial charge in [-0.25, -0.2) is 0 Å². The van der Waals surface area contributed by atoms with Crippen LogP contribution < -0.4 is 0 Å². The molecule has 1 heteroatoms.